The van der Waals surface area contributed by atoms with E-state index in [0.717, 1.165) is 35.1 Å². The van der Waals surface area contributed by atoms with Crippen LogP contribution >= 0.6 is 39.1 Å². The van der Waals surface area contributed by atoms with E-state index in [1.54, 1.807) is 19.2 Å². The molecule has 6 heteroatoms. The van der Waals surface area contributed by atoms with Gasteiger partial charge in [0.25, 0.3) is 0 Å². The molecular weight excluding hydrogens is 413 g/mol. The van der Waals surface area contributed by atoms with Gasteiger partial charge in [-0.1, -0.05) is 52.1 Å². The zero-order chi connectivity index (χ0) is 17.5. The van der Waals surface area contributed by atoms with E-state index in [-0.39, 0.29) is 6.61 Å². The molecule has 0 aliphatic heterocycles. The van der Waals surface area contributed by atoms with Gasteiger partial charge in [-0.15, -0.1) is 0 Å². The van der Waals surface area contributed by atoms with Crippen molar-refractivity contribution in [3.63, 3.8) is 0 Å². The Kier molecular flexibility index (Phi) is 7.69. The average molecular weight is 433 g/mol. The molecule has 2 aromatic rings. The maximum atomic E-state index is 6.18. The van der Waals surface area contributed by atoms with Gasteiger partial charge in [-0.3, -0.25) is 0 Å². The minimum Gasteiger partial charge on any atom is -0.493 e. The lowest BCUT2D eigenvalue weighted by Gasteiger charge is -2.15. The third kappa shape index (κ3) is 5.03. The predicted octanol–water partition coefficient (Wildman–Crippen LogP) is 5.84. The number of rotatable bonds is 8. The first kappa shape index (κ1) is 19.4. The molecule has 2 rings (SSSR count). The third-order valence-electron chi connectivity index (χ3n) is 3.51. The zero-order valence-electron chi connectivity index (χ0n) is 13.7. The van der Waals surface area contributed by atoms with Gasteiger partial charge in [0.15, 0.2) is 11.5 Å². The van der Waals surface area contributed by atoms with Crippen LogP contribution in [-0.4, -0.2) is 13.7 Å². The van der Waals surface area contributed by atoms with Gasteiger partial charge in [-0.05, 0) is 42.8 Å². The molecule has 0 saturated carbocycles. The van der Waals surface area contributed by atoms with Crippen molar-refractivity contribution in [2.24, 2.45) is 0 Å². The molecule has 3 nitrogen and oxygen atoms in total. The van der Waals surface area contributed by atoms with E-state index in [2.05, 4.69) is 28.2 Å². The Morgan fingerprint density at radius 3 is 2.46 bits per heavy atom. The van der Waals surface area contributed by atoms with Crippen LogP contribution in [0.3, 0.4) is 0 Å². The highest BCUT2D eigenvalue weighted by Gasteiger charge is 2.12. The van der Waals surface area contributed by atoms with Gasteiger partial charge in [0.05, 0.1) is 7.11 Å². The van der Waals surface area contributed by atoms with Crippen molar-refractivity contribution in [2.45, 2.75) is 26.5 Å². The third-order valence-corrected chi connectivity index (χ3v) is 4.96. The van der Waals surface area contributed by atoms with Crippen LogP contribution in [0, 0.1) is 0 Å². The minimum atomic E-state index is 0.273. The van der Waals surface area contributed by atoms with Crippen molar-refractivity contribution < 1.29 is 9.47 Å². The lowest BCUT2D eigenvalue weighted by Crippen LogP contribution is -2.14. The van der Waals surface area contributed by atoms with E-state index in [1.807, 2.05) is 18.2 Å². The van der Waals surface area contributed by atoms with E-state index in [4.69, 9.17) is 32.7 Å². The molecule has 1 N–H and O–H groups in total. The Morgan fingerprint density at radius 1 is 1.12 bits per heavy atom. The van der Waals surface area contributed by atoms with Gasteiger partial charge in [0.2, 0.25) is 0 Å². The average Bonchev–Trinajstić information content (AvgIpc) is 2.56. The molecule has 0 atom stereocenters. The van der Waals surface area contributed by atoms with Gasteiger partial charge in [-0.25, -0.2) is 0 Å². The summed E-state index contributed by atoms with van der Waals surface area (Å²) < 4.78 is 12.3. The molecule has 24 heavy (non-hydrogen) atoms. The molecule has 0 fully saturated rings. The van der Waals surface area contributed by atoms with Crippen LogP contribution in [-0.2, 0) is 13.2 Å². The van der Waals surface area contributed by atoms with Gasteiger partial charge in [0, 0.05) is 26.6 Å². The number of hydrogen-bond acceptors (Lipinski definition) is 3. The molecule has 0 amide bonds. The molecule has 0 aromatic heterocycles. The Morgan fingerprint density at radius 2 is 1.83 bits per heavy atom. The fourth-order valence-electron chi connectivity index (χ4n) is 2.21. The van der Waals surface area contributed by atoms with Crippen molar-refractivity contribution >= 4 is 39.1 Å². The monoisotopic (exact) mass is 431 g/mol. The molecule has 0 heterocycles. The van der Waals surface area contributed by atoms with Crippen LogP contribution in [0.2, 0.25) is 10.0 Å². The number of nitrogens with one attached hydrogen (secondary N) is 1. The van der Waals surface area contributed by atoms with Gasteiger partial charge >= 0.3 is 0 Å². The SMILES string of the molecule is CCCNCc1cc(OC)c(OCc2c(Cl)cccc2Cl)cc1Br. The van der Waals surface area contributed by atoms with Crippen LogP contribution in [0.15, 0.2) is 34.8 Å². The van der Waals surface area contributed by atoms with Crippen molar-refractivity contribution in [3.8, 4) is 11.5 Å². The molecule has 130 valence electrons. The molecule has 0 radical (unpaired) electrons. The molecule has 0 spiro atoms. The molecule has 0 unspecified atom stereocenters. The van der Waals surface area contributed by atoms with E-state index in [0.29, 0.717) is 21.5 Å². The number of ether oxygens (including phenoxy) is 2. The quantitative estimate of drug-likeness (QED) is 0.531. The maximum Gasteiger partial charge on any atom is 0.162 e. The highest BCUT2D eigenvalue weighted by atomic mass is 79.9. The highest BCUT2D eigenvalue weighted by molar-refractivity contribution is 9.10. The first-order valence-electron chi connectivity index (χ1n) is 7.69. The van der Waals surface area contributed by atoms with E-state index in [9.17, 15) is 0 Å². The Balaban J connectivity index is 2.16. The van der Waals surface area contributed by atoms with Crippen molar-refractivity contribution in [3.05, 3.63) is 56.0 Å². The van der Waals surface area contributed by atoms with Crippen LogP contribution in [0.5, 0.6) is 11.5 Å². The molecular formula is C18H20BrCl2NO2. The van der Waals surface area contributed by atoms with E-state index < -0.39 is 0 Å². The fraction of sp³-hybridized carbons (Fsp3) is 0.333. The summed E-state index contributed by atoms with van der Waals surface area (Å²) in [6, 6.07) is 9.27. The highest BCUT2D eigenvalue weighted by Crippen LogP contribution is 2.35. The first-order chi connectivity index (χ1) is 11.6. The Bertz CT molecular complexity index is 675. The molecule has 0 aliphatic carbocycles. The lowest BCUT2D eigenvalue weighted by atomic mass is 10.2. The van der Waals surface area contributed by atoms with Gasteiger partial charge < -0.3 is 14.8 Å². The summed E-state index contributed by atoms with van der Waals surface area (Å²) in [4.78, 5) is 0. The van der Waals surface area contributed by atoms with E-state index in [1.165, 1.54) is 0 Å². The van der Waals surface area contributed by atoms with Crippen LogP contribution in [0.25, 0.3) is 0 Å². The molecule has 0 saturated heterocycles. The summed E-state index contributed by atoms with van der Waals surface area (Å²) in [5, 5.41) is 4.54. The van der Waals surface area contributed by atoms with Crippen LogP contribution in [0.4, 0.5) is 0 Å². The summed E-state index contributed by atoms with van der Waals surface area (Å²) in [5.41, 5.74) is 1.87. The number of halogens is 3. The van der Waals surface area contributed by atoms with Crippen molar-refractivity contribution in [2.75, 3.05) is 13.7 Å². The Labute approximate surface area is 161 Å². The molecule has 0 aliphatic rings. The van der Waals surface area contributed by atoms with Gasteiger partial charge in [0.1, 0.15) is 6.61 Å². The summed E-state index contributed by atoms with van der Waals surface area (Å²) in [7, 11) is 1.63. The van der Waals surface area contributed by atoms with Crippen LogP contribution in [0.1, 0.15) is 24.5 Å². The summed E-state index contributed by atoms with van der Waals surface area (Å²) in [6.07, 6.45) is 1.09. The van der Waals surface area contributed by atoms with Crippen LogP contribution < -0.4 is 14.8 Å². The van der Waals surface area contributed by atoms with Crippen molar-refractivity contribution in [1.29, 1.82) is 0 Å². The predicted molar refractivity (Wildman–Crippen MR) is 103 cm³/mol. The van der Waals surface area contributed by atoms with Gasteiger partial charge in [-0.2, -0.15) is 0 Å². The number of hydrogen-bond donors (Lipinski definition) is 1. The fourth-order valence-corrected chi connectivity index (χ4v) is 3.17. The summed E-state index contributed by atoms with van der Waals surface area (Å²) >= 11 is 16.0. The molecule has 2 aromatic carbocycles. The zero-order valence-corrected chi connectivity index (χ0v) is 16.8. The Hall–Kier alpha value is -0.940. The number of benzene rings is 2. The summed E-state index contributed by atoms with van der Waals surface area (Å²) in [6.45, 7) is 4.15. The minimum absolute atomic E-state index is 0.273. The first-order valence-corrected chi connectivity index (χ1v) is 9.24. The number of methoxy groups -OCH3 is 1. The second-order valence-corrected chi connectivity index (χ2v) is 6.93. The standard InChI is InChI=1S/C18H20BrCl2NO2/c1-3-7-22-10-12-8-17(23-2)18(9-14(12)19)24-11-13-15(20)5-4-6-16(13)21/h4-6,8-9,22H,3,7,10-11H2,1-2H3. The summed E-state index contributed by atoms with van der Waals surface area (Å²) in [5.74, 6) is 1.31. The van der Waals surface area contributed by atoms with Crippen molar-refractivity contribution in [1.82, 2.24) is 5.32 Å². The van der Waals surface area contributed by atoms with E-state index >= 15 is 0 Å². The lowest BCUT2D eigenvalue weighted by molar-refractivity contribution is 0.284. The maximum absolute atomic E-state index is 6.18. The smallest absolute Gasteiger partial charge is 0.162 e. The topological polar surface area (TPSA) is 30.5 Å². The normalized spacial score (nSPS) is 10.7. The second-order valence-electron chi connectivity index (χ2n) is 5.26. The second kappa shape index (κ2) is 9.52. The molecule has 0 bridgehead atoms. The largest absolute Gasteiger partial charge is 0.493 e.